The molecule has 5 nitrogen and oxygen atoms in total. The van der Waals surface area contributed by atoms with E-state index in [-0.39, 0.29) is 29.7 Å². The molecule has 0 saturated heterocycles. The van der Waals surface area contributed by atoms with Crippen molar-refractivity contribution in [3.63, 3.8) is 0 Å². The number of alkyl halides is 3. The first-order valence-corrected chi connectivity index (χ1v) is 8.50. The maximum atomic E-state index is 12.7. The number of hydrogen-bond acceptors (Lipinski definition) is 4. The standard InChI is InChI=1S/C14H18F3NO4S/c1-10(2)8-18(9-14(15,16)17)23(19,20)11-3-4-12-13(7-11)22-6-5-21-12/h3-4,7,10H,5-6,8-9H2,1-2H3. The van der Waals surface area contributed by atoms with Gasteiger partial charge in [0.2, 0.25) is 10.0 Å². The Morgan fingerprint density at radius 3 is 2.35 bits per heavy atom. The van der Waals surface area contributed by atoms with Gasteiger partial charge in [-0.25, -0.2) is 8.42 Å². The van der Waals surface area contributed by atoms with Gasteiger partial charge in [0.1, 0.15) is 19.8 Å². The van der Waals surface area contributed by atoms with Crippen LogP contribution in [0.15, 0.2) is 23.1 Å². The summed E-state index contributed by atoms with van der Waals surface area (Å²) >= 11 is 0. The minimum atomic E-state index is -4.62. The number of hydrogen-bond donors (Lipinski definition) is 0. The first-order chi connectivity index (χ1) is 10.6. The molecule has 0 unspecified atom stereocenters. The van der Waals surface area contributed by atoms with Gasteiger partial charge >= 0.3 is 6.18 Å². The first kappa shape index (κ1) is 17.9. The van der Waals surface area contributed by atoms with Crippen LogP contribution in [0, 0.1) is 5.92 Å². The van der Waals surface area contributed by atoms with Crippen LogP contribution in [-0.2, 0) is 10.0 Å². The molecule has 1 aromatic carbocycles. The third-order valence-electron chi connectivity index (χ3n) is 3.08. The van der Waals surface area contributed by atoms with Gasteiger partial charge in [-0.2, -0.15) is 17.5 Å². The summed E-state index contributed by atoms with van der Waals surface area (Å²) in [6.45, 7) is 2.16. The number of nitrogens with zero attached hydrogens (tertiary/aromatic N) is 1. The molecule has 0 bridgehead atoms. The second-order valence-corrected chi connectivity index (χ2v) is 7.55. The molecule has 23 heavy (non-hydrogen) atoms. The maximum absolute atomic E-state index is 12.7. The summed E-state index contributed by atoms with van der Waals surface area (Å²) in [7, 11) is -4.29. The summed E-state index contributed by atoms with van der Waals surface area (Å²) in [6.07, 6.45) is -4.62. The van der Waals surface area contributed by atoms with Gasteiger partial charge in [0.15, 0.2) is 11.5 Å². The van der Waals surface area contributed by atoms with Crippen molar-refractivity contribution < 1.29 is 31.1 Å². The summed E-state index contributed by atoms with van der Waals surface area (Å²) < 4.78 is 74.3. The van der Waals surface area contributed by atoms with E-state index < -0.39 is 22.7 Å². The van der Waals surface area contributed by atoms with Crippen LogP contribution in [-0.4, -0.2) is 45.2 Å². The second kappa shape index (κ2) is 6.56. The van der Waals surface area contributed by atoms with E-state index in [1.54, 1.807) is 13.8 Å². The van der Waals surface area contributed by atoms with Gasteiger partial charge in [-0.15, -0.1) is 0 Å². The Morgan fingerprint density at radius 1 is 1.17 bits per heavy atom. The number of fused-ring (bicyclic) bond motifs is 1. The molecular weight excluding hydrogens is 335 g/mol. The van der Waals surface area contributed by atoms with E-state index in [0.717, 1.165) is 0 Å². The fraction of sp³-hybridized carbons (Fsp3) is 0.571. The van der Waals surface area contributed by atoms with Crippen molar-refractivity contribution in [2.75, 3.05) is 26.3 Å². The lowest BCUT2D eigenvalue weighted by atomic mass is 10.2. The molecule has 0 aliphatic carbocycles. The van der Waals surface area contributed by atoms with Gasteiger partial charge in [-0.1, -0.05) is 13.8 Å². The van der Waals surface area contributed by atoms with Gasteiger partial charge in [0, 0.05) is 12.6 Å². The van der Waals surface area contributed by atoms with E-state index in [2.05, 4.69) is 0 Å². The summed E-state index contributed by atoms with van der Waals surface area (Å²) in [5.74, 6) is 0.347. The highest BCUT2D eigenvalue weighted by atomic mass is 32.2. The molecule has 0 amide bonds. The average molecular weight is 353 g/mol. The third-order valence-corrected chi connectivity index (χ3v) is 4.88. The van der Waals surface area contributed by atoms with Crippen LogP contribution >= 0.6 is 0 Å². The largest absolute Gasteiger partial charge is 0.486 e. The molecular formula is C14H18F3NO4S. The first-order valence-electron chi connectivity index (χ1n) is 7.06. The van der Waals surface area contributed by atoms with Gasteiger partial charge in [0.05, 0.1) is 4.90 Å². The zero-order valence-electron chi connectivity index (χ0n) is 12.8. The topological polar surface area (TPSA) is 55.8 Å². The summed E-state index contributed by atoms with van der Waals surface area (Å²) in [5.41, 5.74) is 0. The Balaban J connectivity index is 2.36. The highest BCUT2D eigenvalue weighted by Gasteiger charge is 2.37. The minimum Gasteiger partial charge on any atom is -0.486 e. The van der Waals surface area contributed by atoms with Gasteiger partial charge in [-0.3, -0.25) is 0 Å². The van der Waals surface area contributed by atoms with Crippen molar-refractivity contribution in [1.29, 1.82) is 0 Å². The number of sulfonamides is 1. The predicted octanol–water partition coefficient (Wildman–Crippen LogP) is 2.67. The molecule has 0 N–H and O–H groups in total. The molecule has 2 rings (SSSR count). The highest BCUT2D eigenvalue weighted by Crippen LogP contribution is 2.33. The van der Waals surface area contributed by atoms with Gasteiger partial charge < -0.3 is 9.47 Å². The number of halogens is 3. The Bertz CT molecular complexity index is 658. The van der Waals surface area contributed by atoms with E-state index in [4.69, 9.17) is 9.47 Å². The van der Waals surface area contributed by atoms with Crippen molar-refractivity contribution in [1.82, 2.24) is 4.31 Å². The SMILES string of the molecule is CC(C)CN(CC(F)(F)F)S(=O)(=O)c1ccc2c(c1)OCCO2. The lowest BCUT2D eigenvalue weighted by Crippen LogP contribution is -2.41. The zero-order valence-corrected chi connectivity index (χ0v) is 13.6. The molecule has 1 aliphatic rings. The van der Waals surface area contributed by atoms with Gasteiger partial charge in [0.25, 0.3) is 0 Å². The van der Waals surface area contributed by atoms with Crippen LogP contribution in [0.2, 0.25) is 0 Å². The Morgan fingerprint density at radius 2 is 1.78 bits per heavy atom. The maximum Gasteiger partial charge on any atom is 0.402 e. The smallest absolute Gasteiger partial charge is 0.402 e. The van der Waals surface area contributed by atoms with Crippen LogP contribution in [0.4, 0.5) is 13.2 Å². The monoisotopic (exact) mass is 353 g/mol. The van der Waals surface area contributed by atoms with Crippen molar-refractivity contribution in [2.45, 2.75) is 24.9 Å². The number of benzene rings is 1. The Labute approximate surface area is 133 Å². The quantitative estimate of drug-likeness (QED) is 0.817. The normalized spacial score (nSPS) is 15.3. The number of rotatable bonds is 5. The molecule has 0 aromatic heterocycles. The van der Waals surface area contributed by atoms with Crippen molar-refractivity contribution in [3.05, 3.63) is 18.2 Å². The van der Waals surface area contributed by atoms with Crippen molar-refractivity contribution in [3.8, 4) is 11.5 Å². The highest BCUT2D eigenvalue weighted by molar-refractivity contribution is 7.89. The van der Waals surface area contributed by atoms with Gasteiger partial charge in [-0.05, 0) is 18.1 Å². The number of ether oxygens (including phenoxy) is 2. The summed E-state index contributed by atoms with van der Waals surface area (Å²) in [4.78, 5) is -0.244. The van der Waals surface area contributed by atoms with E-state index >= 15 is 0 Å². The average Bonchev–Trinajstić information content (AvgIpc) is 2.44. The third kappa shape index (κ3) is 4.51. The Hall–Kier alpha value is -1.48. The van der Waals surface area contributed by atoms with Crippen LogP contribution in [0.3, 0.4) is 0 Å². The minimum absolute atomic E-state index is 0.217. The zero-order chi connectivity index (χ0) is 17.3. The molecule has 130 valence electrons. The molecule has 0 atom stereocenters. The molecule has 0 spiro atoms. The van der Waals surface area contributed by atoms with Crippen molar-refractivity contribution >= 4 is 10.0 Å². The fourth-order valence-corrected chi connectivity index (χ4v) is 3.79. The lowest BCUT2D eigenvalue weighted by molar-refractivity contribution is -0.136. The van der Waals surface area contributed by atoms with Crippen LogP contribution < -0.4 is 9.47 Å². The van der Waals surface area contributed by atoms with E-state index in [1.807, 2.05) is 0 Å². The Kier molecular flexibility index (Phi) is 5.10. The molecule has 0 fully saturated rings. The lowest BCUT2D eigenvalue weighted by Gasteiger charge is -2.26. The summed E-state index contributed by atoms with van der Waals surface area (Å²) in [5, 5.41) is 0. The molecule has 1 aromatic rings. The molecule has 1 aliphatic heterocycles. The molecule has 0 saturated carbocycles. The fourth-order valence-electron chi connectivity index (χ4n) is 2.19. The second-order valence-electron chi connectivity index (χ2n) is 5.61. The summed E-state index contributed by atoms with van der Waals surface area (Å²) in [6, 6.07) is 3.82. The molecule has 0 radical (unpaired) electrons. The van der Waals surface area contributed by atoms with E-state index in [0.29, 0.717) is 16.7 Å². The van der Waals surface area contributed by atoms with E-state index in [1.165, 1.54) is 18.2 Å². The van der Waals surface area contributed by atoms with Crippen LogP contribution in [0.5, 0.6) is 11.5 Å². The van der Waals surface area contributed by atoms with Crippen LogP contribution in [0.25, 0.3) is 0 Å². The molecule has 1 heterocycles. The molecule has 9 heteroatoms. The predicted molar refractivity (Wildman–Crippen MR) is 77.1 cm³/mol. The van der Waals surface area contributed by atoms with E-state index in [9.17, 15) is 21.6 Å². The van der Waals surface area contributed by atoms with Crippen LogP contribution in [0.1, 0.15) is 13.8 Å². The van der Waals surface area contributed by atoms with Crippen molar-refractivity contribution in [2.24, 2.45) is 5.92 Å².